The molecule has 3 rings (SSSR count). The molecule has 1 amide bonds. The highest BCUT2D eigenvalue weighted by atomic mass is 79.9. The Morgan fingerprint density at radius 3 is 2.48 bits per heavy atom. The van der Waals surface area contributed by atoms with Crippen molar-refractivity contribution in [1.29, 1.82) is 5.26 Å². The van der Waals surface area contributed by atoms with Gasteiger partial charge in [0.15, 0.2) is 0 Å². The molecule has 0 saturated carbocycles. The van der Waals surface area contributed by atoms with E-state index < -0.39 is 5.91 Å². The third-order valence-corrected chi connectivity index (χ3v) is 4.72. The molecule has 1 heterocycles. The number of nitriles is 1. The van der Waals surface area contributed by atoms with E-state index >= 15 is 0 Å². The fourth-order valence-corrected chi connectivity index (χ4v) is 3.01. The van der Waals surface area contributed by atoms with E-state index in [1.54, 1.807) is 6.08 Å². The van der Waals surface area contributed by atoms with Gasteiger partial charge < -0.3 is 9.88 Å². The summed E-state index contributed by atoms with van der Waals surface area (Å²) >= 11 is 3.42. The van der Waals surface area contributed by atoms with Gasteiger partial charge in [-0.2, -0.15) is 5.26 Å². The number of carbonyl (C=O) groups is 1. The number of nitrogens with one attached hydrogen (secondary N) is 1. The van der Waals surface area contributed by atoms with Crippen molar-refractivity contribution in [3.63, 3.8) is 0 Å². The third-order valence-electron chi connectivity index (χ3n) is 4.19. The summed E-state index contributed by atoms with van der Waals surface area (Å²) in [5.74, 6) is -0.391. The summed E-state index contributed by atoms with van der Waals surface area (Å²) < 4.78 is 2.92. The quantitative estimate of drug-likeness (QED) is 0.465. The molecule has 2 aromatic carbocycles. The molecular weight excluding hydrogens is 402 g/mol. The molecule has 1 N–H and O–H groups in total. The normalized spacial score (nSPS) is 12.3. The molecule has 134 valence electrons. The second kappa shape index (κ2) is 8.52. The third kappa shape index (κ3) is 4.55. The molecule has 0 fully saturated rings. The average Bonchev–Trinajstić information content (AvgIpc) is 3.15. The highest BCUT2D eigenvalue weighted by Crippen LogP contribution is 2.19. The van der Waals surface area contributed by atoms with Crippen LogP contribution < -0.4 is 5.32 Å². The van der Waals surface area contributed by atoms with Crippen LogP contribution in [-0.4, -0.2) is 10.5 Å². The number of aromatic nitrogens is 1. The molecule has 5 heteroatoms. The minimum Gasteiger partial charge on any atom is -0.345 e. The van der Waals surface area contributed by atoms with Crippen molar-refractivity contribution in [3.8, 4) is 11.8 Å². The van der Waals surface area contributed by atoms with Crippen LogP contribution in [0.1, 0.15) is 24.2 Å². The van der Waals surface area contributed by atoms with Gasteiger partial charge in [0, 0.05) is 22.1 Å². The Kier molecular flexibility index (Phi) is 5.90. The van der Waals surface area contributed by atoms with E-state index in [1.165, 1.54) is 0 Å². The van der Waals surface area contributed by atoms with Gasteiger partial charge in [-0.3, -0.25) is 4.79 Å². The highest BCUT2D eigenvalue weighted by molar-refractivity contribution is 9.10. The Bertz CT molecular complexity index is 998. The van der Waals surface area contributed by atoms with Crippen LogP contribution in [0.5, 0.6) is 0 Å². The molecule has 4 nitrogen and oxygen atoms in total. The monoisotopic (exact) mass is 419 g/mol. The lowest BCUT2D eigenvalue weighted by atomic mass is 10.1. The second-order valence-electron chi connectivity index (χ2n) is 6.06. The molecule has 0 saturated heterocycles. The predicted octanol–water partition coefficient (Wildman–Crippen LogP) is 5.02. The molecular formula is C22H18BrN3O. The van der Waals surface area contributed by atoms with Crippen molar-refractivity contribution in [2.24, 2.45) is 0 Å². The van der Waals surface area contributed by atoms with Crippen molar-refractivity contribution in [3.05, 3.63) is 94.2 Å². The highest BCUT2D eigenvalue weighted by Gasteiger charge is 2.14. The maximum absolute atomic E-state index is 12.6. The second-order valence-corrected chi connectivity index (χ2v) is 6.97. The number of amides is 1. The lowest BCUT2D eigenvalue weighted by Crippen LogP contribution is -2.27. The van der Waals surface area contributed by atoms with Crippen LogP contribution in [0.4, 0.5) is 0 Å². The average molecular weight is 420 g/mol. The van der Waals surface area contributed by atoms with Crippen molar-refractivity contribution >= 4 is 27.9 Å². The van der Waals surface area contributed by atoms with Gasteiger partial charge in [-0.05, 0) is 55.0 Å². The first-order valence-electron chi connectivity index (χ1n) is 8.49. The summed E-state index contributed by atoms with van der Waals surface area (Å²) in [6.07, 6.45) is 3.50. The van der Waals surface area contributed by atoms with E-state index in [0.29, 0.717) is 0 Å². The summed E-state index contributed by atoms with van der Waals surface area (Å²) in [7, 11) is 0. The SMILES string of the molecule is C[C@@H](NC(=O)/C(C#N)=C\c1cccn1-c1ccc(Br)cc1)c1ccccc1. The number of benzene rings is 2. The van der Waals surface area contributed by atoms with E-state index in [1.807, 2.05) is 90.5 Å². The first-order valence-corrected chi connectivity index (χ1v) is 9.28. The lowest BCUT2D eigenvalue weighted by Gasteiger charge is -2.14. The number of carbonyl (C=O) groups excluding carboxylic acids is 1. The smallest absolute Gasteiger partial charge is 0.262 e. The molecule has 0 bridgehead atoms. The van der Waals surface area contributed by atoms with Crippen LogP contribution in [0.25, 0.3) is 11.8 Å². The molecule has 27 heavy (non-hydrogen) atoms. The molecule has 0 radical (unpaired) electrons. The maximum atomic E-state index is 12.6. The molecule has 0 spiro atoms. The van der Waals surface area contributed by atoms with Gasteiger partial charge in [-0.1, -0.05) is 46.3 Å². The van der Waals surface area contributed by atoms with E-state index in [2.05, 4.69) is 21.2 Å². The standard InChI is InChI=1S/C22H18BrN3O/c1-16(17-6-3-2-4-7-17)25-22(27)18(15-24)14-21-8-5-13-26(21)20-11-9-19(23)10-12-20/h2-14,16H,1H3,(H,25,27)/b18-14-/t16-/m1/s1. The van der Waals surface area contributed by atoms with Crippen LogP contribution in [0.3, 0.4) is 0 Å². The van der Waals surface area contributed by atoms with Crippen LogP contribution in [0.2, 0.25) is 0 Å². The van der Waals surface area contributed by atoms with Gasteiger partial charge in [0.2, 0.25) is 0 Å². The molecule has 1 atom stereocenters. The fraction of sp³-hybridized carbons (Fsp3) is 0.0909. The summed E-state index contributed by atoms with van der Waals surface area (Å²) in [6, 6.07) is 23.1. The molecule has 0 unspecified atom stereocenters. The van der Waals surface area contributed by atoms with Crippen LogP contribution >= 0.6 is 15.9 Å². The van der Waals surface area contributed by atoms with Gasteiger partial charge in [0.1, 0.15) is 11.6 Å². The van der Waals surface area contributed by atoms with Gasteiger partial charge in [-0.25, -0.2) is 0 Å². The predicted molar refractivity (Wildman–Crippen MR) is 110 cm³/mol. The largest absolute Gasteiger partial charge is 0.345 e. The van der Waals surface area contributed by atoms with Crippen LogP contribution in [0.15, 0.2) is 83.0 Å². The van der Waals surface area contributed by atoms with Crippen LogP contribution in [-0.2, 0) is 4.79 Å². The molecule has 3 aromatic rings. The minimum absolute atomic E-state index is 0.0647. The van der Waals surface area contributed by atoms with E-state index in [9.17, 15) is 10.1 Å². The zero-order valence-electron chi connectivity index (χ0n) is 14.8. The zero-order chi connectivity index (χ0) is 19.2. The number of rotatable bonds is 5. The number of halogens is 1. The van der Waals surface area contributed by atoms with Gasteiger partial charge in [0.05, 0.1) is 6.04 Å². The van der Waals surface area contributed by atoms with Crippen molar-refractivity contribution in [2.45, 2.75) is 13.0 Å². The Morgan fingerprint density at radius 1 is 1.11 bits per heavy atom. The first kappa shape index (κ1) is 18.7. The Labute approximate surface area is 166 Å². The van der Waals surface area contributed by atoms with Gasteiger partial charge in [-0.15, -0.1) is 0 Å². The fourth-order valence-electron chi connectivity index (χ4n) is 2.74. The lowest BCUT2D eigenvalue weighted by molar-refractivity contribution is -0.117. The summed E-state index contributed by atoms with van der Waals surface area (Å²) in [6.45, 7) is 1.90. The maximum Gasteiger partial charge on any atom is 0.262 e. The Balaban J connectivity index is 1.83. The molecule has 0 aliphatic heterocycles. The van der Waals surface area contributed by atoms with E-state index in [-0.39, 0.29) is 11.6 Å². The number of nitrogens with zero attached hydrogens (tertiary/aromatic N) is 2. The van der Waals surface area contributed by atoms with Gasteiger partial charge in [0.25, 0.3) is 5.91 Å². The van der Waals surface area contributed by atoms with Crippen molar-refractivity contribution < 1.29 is 4.79 Å². The zero-order valence-corrected chi connectivity index (χ0v) is 16.3. The number of hydrogen-bond donors (Lipinski definition) is 1. The van der Waals surface area contributed by atoms with E-state index in [0.717, 1.165) is 21.4 Å². The van der Waals surface area contributed by atoms with Crippen molar-refractivity contribution in [2.75, 3.05) is 0 Å². The topological polar surface area (TPSA) is 57.8 Å². The molecule has 0 aliphatic carbocycles. The van der Waals surface area contributed by atoms with Crippen molar-refractivity contribution in [1.82, 2.24) is 9.88 Å². The Morgan fingerprint density at radius 2 is 1.81 bits per heavy atom. The minimum atomic E-state index is -0.391. The van der Waals surface area contributed by atoms with Gasteiger partial charge >= 0.3 is 0 Å². The molecule has 1 aromatic heterocycles. The Hall–Kier alpha value is -3.10. The van der Waals surface area contributed by atoms with Crippen LogP contribution in [0, 0.1) is 11.3 Å². The summed E-state index contributed by atoms with van der Waals surface area (Å²) in [4.78, 5) is 12.6. The van der Waals surface area contributed by atoms with E-state index in [4.69, 9.17) is 0 Å². The molecule has 0 aliphatic rings. The summed E-state index contributed by atoms with van der Waals surface area (Å²) in [5.41, 5.74) is 2.76. The first-order chi connectivity index (χ1) is 13.1. The number of hydrogen-bond acceptors (Lipinski definition) is 2. The summed E-state index contributed by atoms with van der Waals surface area (Å²) in [5, 5.41) is 12.4.